The van der Waals surface area contributed by atoms with E-state index in [0.717, 1.165) is 10.2 Å². The summed E-state index contributed by atoms with van der Waals surface area (Å²) in [6.45, 7) is 4.72. The van der Waals surface area contributed by atoms with Crippen LogP contribution in [0.3, 0.4) is 0 Å². The van der Waals surface area contributed by atoms with E-state index in [-0.39, 0.29) is 16.7 Å². The van der Waals surface area contributed by atoms with Crippen molar-refractivity contribution in [2.24, 2.45) is 10.9 Å². The highest BCUT2D eigenvalue weighted by Crippen LogP contribution is 2.27. The third-order valence-electron chi connectivity index (χ3n) is 5.44. The zero-order valence-corrected chi connectivity index (χ0v) is 20.4. The molecule has 1 aliphatic heterocycles. The number of thiophene rings is 1. The molecule has 174 valence electrons. The van der Waals surface area contributed by atoms with E-state index in [1.807, 2.05) is 4.57 Å². The maximum Gasteiger partial charge on any atom is 0.337 e. The topological polar surface area (TPSA) is 98.0 Å². The number of thiazole rings is 1. The average Bonchev–Trinajstić information content (AvgIpc) is 3.48. The molecule has 0 aliphatic carbocycles. The van der Waals surface area contributed by atoms with Crippen molar-refractivity contribution in [1.82, 2.24) is 8.87 Å². The number of rotatable bonds is 6. The van der Waals surface area contributed by atoms with Gasteiger partial charge in [-0.1, -0.05) is 23.5 Å². The first-order valence-electron chi connectivity index (χ1n) is 10.3. The molecule has 3 aromatic rings. The first kappa shape index (κ1) is 23.6. The number of esters is 1. The largest absolute Gasteiger partial charge is 0.465 e. The van der Waals surface area contributed by atoms with E-state index in [1.165, 1.54) is 34.1 Å². The Hall–Kier alpha value is -2.60. The summed E-state index contributed by atoms with van der Waals surface area (Å²) in [5.41, 5.74) is 1.24. The van der Waals surface area contributed by atoms with E-state index in [0.29, 0.717) is 36.3 Å². The predicted octanol–water partition coefficient (Wildman–Crippen LogP) is 3.27. The molecule has 1 fully saturated rings. The zero-order chi connectivity index (χ0) is 23.6. The summed E-state index contributed by atoms with van der Waals surface area (Å²) >= 11 is 2.46. The molecule has 0 saturated carbocycles. The Balaban J connectivity index is 1.65. The molecule has 1 aromatic carbocycles. The van der Waals surface area contributed by atoms with Gasteiger partial charge in [-0.25, -0.2) is 13.2 Å². The predicted molar refractivity (Wildman–Crippen MR) is 128 cm³/mol. The van der Waals surface area contributed by atoms with Gasteiger partial charge in [0, 0.05) is 19.6 Å². The molecule has 0 spiro atoms. The summed E-state index contributed by atoms with van der Waals surface area (Å²) in [6.07, 6.45) is 2.88. The van der Waals surface area contributed by atoms with Crippen LogP contribution in [0.2, 0.25) is 0 Å². The quantitative estimate of drug-likeness (QED) is 0.378. The second kappa shape index (κ2) is 9.72. The van der Waals surface area contributed by atoms with Crippen LogP contribution >= 0.6 is 22.7 Å². The van der Waals surface area contributed by atoms with Crippen molar-refractivity contribution in [2.45, 2.75) is 23.6 Å². The normalized spacial score (nSPS) is 17.8. The number of nitrogens with zero attached hydrogens (tertiary/aromatic N) is 3. The highest BCUT2D eigenvalue weighted by atomic mass is 32.2. The van der Waals surface area contributed by atoms with Gasteiger partial charge in [0.25, 0.3) is 15.9 Å². The number of hydrogen-bond acceptors (Lipinski definition) is 7. The molecule has 33 heavy (non-hydrogen) atoms. The lowest BCUT2D eigenvalue weighted by molar-refractivity contribution is -0.122. The molecule has 1 atom stereocenters. The number of amides is 1. The number of benzene rings is 1. The van der Waals surface area contributed by atoms with Crippen LogP contribution in [0.5, 0.6) is 0 Å². The van der Waals surface area contributed by atoms with Crippen LogP contribution in [0.4, 0.5) is 0 Å². The van der Waals surface area contributed by atoms with Crippen molar-refractivity contribution < 1.29 is 22.7 Å². The minimum atomic E-state index is -3.61. The minimum absolute atomic E-state index is 0.113. The second-order valence-electron chi connectivity index (χ2n) is 7.54. The number of allylic oxidation sites excluding steroid dienone is 1. The summed E-state index contributed by atoms with van der Waals surface area (Å²) in [6, 6.07) is 8.45. The van der Waals surface area contributed by atoms with Crippen molar-refractivity contribution in [3.8, 4) is 0 Å². The van der Waals surface area contributed by atoms with Gasteiger partial charge in [-0.3, -0.25) is 4.79 Å². The van der Waals surface area contributed by atoms with Crippen molar-refractivity contribution in [3.63, 3.8) is 0 Å². The van der Waals surface area contributed by atoms with Crippen LogP contribution in [0.25, 0.3) is 10.2 Å². The molecular formula is C22H23N3O5S3. The first-order chi connectivity index (χ1) is 15.8. The summed E-state index contributed by atoms with van der Waals surface area (Å²) < 4.78 is 34.9. The smallest absolute Gasteiger partial charge is 0.337 e. The van der Waals surface area contributed by atoms with E-state index in [9.17, 15) is 18.0 Å². The molecule has 4 rings (SSSR count). The van der Waals surface area contributed by atoms with Crippen molar-refractivity contribution in [3.05, 3.63) is 58.7 Å². The number of aromatic nitrogens is 1. The molecule has 1 unspecified atom stereocenters. The SMILES string of the molecule is C=CCn1c(=NC(=O)C2CCCN(S(=O)(=O)c3cccs3)C2)sc2cc(C(=O)OC)ccc21. The van der Waals surface area contributed by atoms with E-state index >= 15 is 0 Å². The van der Waals surface area contributed by atoms with Gasteiger partial charge in [0.15, 0.2) is 4.80 Å². The molecule has 1 aliphatic rings. The first-order valence-corrected chi connectivity index (χ1v) is 13.4. The van der Waals surface area contributed by atoms with Gasteiger partial charge in [0.2, 0.25) is 0 Å². The van der Waals surface area contributed by atoms with E-state index in [1.54, 1.807) is 41.8 Å². The summed E-state index contributed by atoms with van der Waals surface area (Å²) in [5, 5.41) is 1.72. The van der Waals surface area contributed by atoms with Gasteiger partial charge in [-0.2, -0.15) is 9.30 Å². The standard InChI is InChI=1S/C22H23N3O5S3/c1-3-10-25-17-9-8-15(21(27)30-2)13-18(17)32-22(25)23-20(26)16-6-4-11-24(14-16)33(28,29)19-7-5-12-31-19/h3,5,7-9,12-13,16H,1,4,6,10-11,14H2,2H3. The molecule has 0 bridgehead atoms. The van der Waals surface area contributed by atoms with Gasteiger partial charge in [-0.15, -0.1) is 17.9 Å². The van der Waals surface area contributed by atoms with Gasteiger partial charge in [0.05, 0.1) is 28.8 Å². The van der Waals surface area contributed by atoms with E-state index in [2.05, 4.69) is 11.6 Å². The van der Waals surface area contributed by atoms with Gasteiger partial charge >= 0.3 is 5.97 Å². The van der Waals surface area contributed by atoms with Gasteiger partial charge in [0.1, 0.15) is 4.21 Å². The monoisotopic (exact) mass is 505 g/mol. The number of piperidine rings is 1. The van der Waals surface area contributed by atoms with Crippen LogP contribution in [0.1, 0.15) is 23.2 Å². The fourth-order valence-electron chi connectivity index (χ4n) is 3.79. The molecule has 3 heterocycles. The molecule has 11 heteroatoms. The number of methoxy groups -OCH3 is 1. The van der Waals surface area contributed by atoms with Crippen LogP contribution in [-0.4, -0.2) is 49.4 Å². The van der Waals surface area contributed by atoms with Crippen LogP contribution in [0.15, 0.2) is 57.6 Å². The van der Waals surface area contributed by atoms with E-state index < -0.39 is 21.9 Å². The maximum atomic E-state index is 13.1. The number of fused-ring (bicyclic) bond motifs is 1. The Morgan fingerprint density at radius 2 is 2.15 bits per heavy atom. The number of sulfonamides is 1. The Morgan fingerprint density at radius 1 is 1.33 bits per heavy atom. The lowest BCUT2D eigenvalue weighted by Crippen LogP contribution is -2.42. The molecule has 1 amide bonds. The minimum Gasteiger partial charge on any atom is -0.465 e. The molecule has 0 radical (unpaired) electrons. The molecular weight excluding hydrogens is 482 g/mol. The molecule has 8 nitrogen and oxygen atoms in total. The average molecular weight is 506 g/mol. The Morgan fingerprint density at radius 3 is 2.85 bits per heavy atom. The van der Waals surface area contributed by atoms with Crippen LogP contribution < -0.4 is 4.80 Å². The second-order valence-corrected chi connectivity index (χ2v) is 11.7. The van der Waals surface area contributed by atoms with Crippen LogP contribution in [-0.2, 0) is 26.1 Å². The van der Waals surface area contributed by atoms with Crippen molar-refractivity contribution >= 4 is 54.8 Å². The number of carbonyl (C=O) groups excluding carboxylic acids is 2. The number of hydrogen-bond donors (Lipinski definition) is 0. The lowest BCUT2D eigenvalue weighted by atomic mass is 9.99. The van der Waals surface area contributed by atoms with Gasteiger partial charge in [-0.05, 0) is 42.5 Å². The van der Waals surface area contributed by atoms with E-state index in [4.69, 9.17) is 4.74 Å². The highest BCUT2D eigenvalue weighted by Gasteiger charge is 2.33. The number of ether oxygens (including phenoxy) is 1. The maximum absolute atomic E-state index is 13.1. The Kier molecular flexibility index (Phi) is 6.94. The summed E-state index contributed by atoms with van der Waals surface area (Å²) in [4.78, 5) is 29.8. The molecule has 1 saturated heterocycles. The van der Waals surface area contributed by atoms with Crippen LogP contribution in [0, 0.1) is 5.92 Å². The Labute approximate surface area is 199 Å². The molecule has 0 N–H and O–H groups in total. The lowest BCUT2D eigenvalue weighted by Gasteiger charge is -2.29. The Bertz CT molecular complexity index is 1370. The third kappa shape index (κ3) is 4.72. The fourth-order valence-corrected chi connectivity index (χ4v) is 7.55. The third-order valence-corrected chi connectivity index (χ3v) is 9.72. The fraction of sp³-hybridized carbons (Fsp3) is 0.318. The van der Waals surface area contributed by atoms with Crippen molar-refractivity contribution in [2.75, 3.05) is 20.2 Å². The van der Waals surface area contributed by atoms with Gasteiger partial charge < -0.3 is 9.30 Å². The molecule has 2 aromatic heterocycles. The summed E-state index contributed by atoms with van der Waals surface area (Å²) in [7, 11) is -2.29. The van der Waals surface area contributed by atoms with Crippen molar-refractivity contribution in [1.29, 1.82) is 0 Å². The number of carbonyl (C=O) groups is 2. The zero-order valence-electron chi connectivity index (χ0n) is 18.0. The highest BCUT2D eigenvalue weighted by molar-refractivity contribution is 7.91. The summed E-state index contributed by atoms with van der Waals surface area (Å²) in [5.74, 6) is -1.30.